The first-order valence-electron chi connectivity index (χ1n) is 7.03. The molecule has 3 nitrogen and oxygen atoms in total. The van der Waals surface area contributed by atoms with Crippen LogP contribution in [0.1, 0.15) is 35.6 Å². The number of benzene rings is 1. The number of methoxy groups -OCH3 is 1. The summed E-state index contributed by atoms with van der Waals surface area (Å²) < 4.78 is 7.89. The van der Waals surface area contributed by atoms with Gasteiger partial charge in [0.05, 0.1) is 12.6 Å². The first-order chi connectivity index (χ1) is 9.17. The molecule has 0 bridgehead atoms. The predicted molar refractivity (Wildman–Crippen MR) is 78.9 cm³/mol. The molecule has 0 amide bonds. The van der Waals surface area contributed by atoms with Gasteiger partial charge in [-0.25, -0.2) is 0 Å². The van der Waals surface area contributed by atoms with E-state index in [0.717, 1.165) is 18.7 Å². The Morgan fingerprint density at radius 1 is 1.42 bits per heavy atom. The van der Waals surface area contributed by atoms with Crippen molar-refractivity contribution in [2.24, 2.45) is 12.8 Å². The van der Waals surface area contributed by atoms with E-state index in [1.54, 1.807) is 7.11 Å². The third-order valence-electron chi connectivity index (χ3n) is 4.42. The van der Waals surface area contributed by atoms with Gasteiger partial charge in [0.25, 0.3) is 0 Å². The third-order valence-corrected chi connectivity index (χ3v) is 4.42. The zero-order valence-corrected chi connectivity index (χ0v) is 12.0. The number of aryl methyl sites for hydroxylation is 3. The molecule has 1 aromatic heterocycles. The Bertz CT molecular complexity index is 627. The molecule has 19 heavy (non-hydrogen) atoms. The lowest BCUT2D eigenvalue weighted by Gasteiger charge is -2.23. The number of ether oxygens (including phenoxy) is 1. The monoisotopic (exact) mass is 258 g/mol. The molecule has 102 valence electrons. The Balaban J connectivity index is 2.37. The van der Waals surface area contributed by atoms with Crippen LogP contribution in [0.5, 0.6) is 5.75 Å². The summed E-state index contributed by atoms with van der Waals surface area (Å²) >= 11 is 0. The summed E-state index contributed by atoms with van der Waals surface area (Å²) in [4.78, 5) is 0. The van der Waals surface area contributed by atoms with Crippen molar-refractivity contribution in [3.8, 4) is 5.75 Å². The fraction of sp³-hybridized carbons (Fsp3) is 0.500. The standard InChI is InChI=1S/C16H22N2O/c1-10-7-13-12-6-4-5-11(9-17)15(12)18(2)16(13)14(8-10)19-3/h7-8,11H,4-6,9,17H2,1-3H3. The maximum Gasteiger partial charge on any atom is 0.143 e. The Labute approximate surface area is 114 Å². The van der Waals surface area contributed by atoms with E-state index in [0.29, 0.717) is 5.92 Å². The molecule has 0 fully saturated rings. The Kier molecular flexibility index (Phi) is 3.02. The first kappa shape index (κ1) is 12.5. The van der Waals surface area contributed by atoms with Crippen LogP contribution >= 0.6 is 0 Å². The van der Waals surface area contributed by atoms with Crippen molar-refractivity contribution in [2.45, 2.75) is 32.1 Å². The van der Waals surface area contributed by atoms with E-state index < -0.39 is 0 Å². The topological polar surface area (TPSA) is 40.2 Å². The van der Waals surface area contributed by atoms with Crippen LogP contribution in [-0.4, -0.2) is 18.2 Å². The molecule has 1 aromatic carbocycles. The van der Waals surface area contributed by atoms with Crippen LogP contribution in [-0.2, 0) is 13.5 Å². The van der Waals surface area contributed by atoms with Gasteiger partial charge in [-0.15, -0.1) is 0 Å². The maximum atomic E-state index is 5.96. The van der Waals surface area contributed by atoms with Gasteiger partial charge >= 0.3 is 0 Å². The van der Waals surface area contributed by atoms with E-state index in [9.17, 15) is 0 Å². The normalized spacial score (nSPS) is 18.6. The van der Waals surface area contributed by atoms with Crippen LogP contribution in [0.4, 0.5) is 0 Å². The van der Waals surface area contributed by atoms with E-state index in [2.05, 4.69) is 30.7 Å². The average molecular weight is 258 g/mol. The lowest BCUT2D eigenvalue weighted by molar-refractivity contribution is 0.417. The van der Waals surface area contributed by atoms with Crippen LogP contribution < -0.4 is 10.5 Å². The zero-order valence-electron chi connectivity index (χ0n) is 12.0. The predicted octanol–water partition coefficient (Wildman–Crippen LogP) is 2.87. The molecular formula is C16H22N2O. The lowest BCUT2D eigenvalue weighted by atomic mass is 9.86. The highest BCUT2D eigenvalue weighted by Gasteiger charge is 2.26. The number of rotatable bonds is 2. The Hall–Kier alpha value is -1.48. The number of nitrogens with two attached hydrogens (primary N) is 1. The van der Waals surface area contributed by atoms with Crippen LogP contribution in [0.3, 0.4) is 0 Å². The molecule has 1 atom stereocenters. The van der Waals surface area contributed by atoms with E-state index in [1.165, 1.54) is 40.6 Å². The zero-order chi connectivity index (χ0) is 13.6. The SMILES string of the molecule is COc1cc(C)cc2c3c(n(C)c12)C(CN)CCC3. The number of hydrogen-bond donors (Lipinski definition) is 1. The minimum absolute atomic E-state index is 0.492. The van der Waals surface area contributed by atoms with Gasteiger partial charge in [0.15, 0.2) is 0 Å². The fourth-order valence-corrected chi connectivity index (χ4v) is 3.61. The van der Waals surface area contributed by atoms with Gasteiger partial charge in [0, 0.05) is 30.6 Å². The maximum absolute atomic E-state index is 5.96. The van der Waals surface area contributed by atoms with Crippen molar-refractivity contribution in [3.63, 3.8) is 0 Å². The van der Waals surface area contributed by atoms with Crippen molar-refractivity contribution < 1.29 is 4.74 Å². The summed E-state index contributed by atoms with van der Waals surface area (Å²) in [6.45, 7) is 2.86. The molecule has 0 radical (unpaired) electrons. The summed E-state index contributed by atoms with van der Waals surface area (Å²) in [5.41, 5.74) is 11.4. The van der Waals surface area contributed by atoms with Crippen LogP contribution in [0.25, 0.3) is 10.9 Å². The highest BCUT2D eigenvalue weighted by Crippen LogP contribution is 2.40. The molecule has 3 rings (SSSR count). The average Bonchev–Trinajstić information content (AvgIpc) is 2.71. The number of hydrogen-bond acceptors (Lipinski definition) is 2. The van der Waals surface area contributed by atoms with Gasteiger partial charge in [-0.1, -0.05) is 0 Å². The van der Waals surface area contributed by atoms with Gasteiger partial charge in [-0.05, 0) is 49.4 Å². The molecule has 1 aliphatic rings. The van der Waals surface area contributed by atoms with Crippen molar-refractivity contribution in [3.05, 3.63) is 29.0 Å². The largest absolute Gasteiger partial charge is 0.495 e. The minimum Gasteiger partial charge on any atom is -0.495 e. The van der Waals surface area contributed by atoms with Crippen molar-refractivity contribution in [1.82, 2.24) is 4.57 Å². The molecule has 1 aliphatic carbocycles. The molecule has 0 spiro atoms. The molecule has 2 aromatic rings. The number of fused-ring (bicyclic) bond motifs is 3. The smallest absolute Gasteiger partial charge is 0.143 e. The van der Waals surface area contributed by atoms with E-state index in [4.69, 9.17) is 10.5 Å². The van der Waals surface area contributed by atoms with E-state index in [1.807, 2.05) is 0 Å². The Morgan fingerprint density at radius 3 is 2.89 bits per heavy atom. The quantitative estimate of drug-likeness (QED) is 0.899. The first-order valence-corrected chi connectivity index (χ1v) is 7.03. The molecular weight excluding hydrogens is 236 g/mol. The summed E-state index contributed by atoms with van der Waals surface area (Å²) in [5, 5.41) is 1.35. The molecule has 0 aliphatic heterocycles. The van der Waals surface area contributed by atoms with Crippen molar-refractivity contribution >= 4 is 10.9 Å². The van der Waals surface area contributed by atoms with Gasteiger partial charge in [-0.3, -0.25) is 0 Å². The van der Waals surface area contributed by atoms with Crippen LogP contribution in [0.15, 0.2) is 12.1 Å². The number of aromatic nitrogens is 1. The molecule has 3 heteroatoms. The van der Waals surface area contributed by atoms with Crippen LogP contribution in [0.2, 0.25) is 0 Å². The second kappa shape index (κ2) is 4.57. The van der Waals surface area contributed by atoms with Gasteiger partial charge in [0.2, 0.25) is 0 Å². The molecule has 0 saturated heterocycles. The summed E-state index contributed by atoms with van der Waals surface area (Å²) in [6.07, 6.45) is 3.61. The third kappa shape index (κ3) is 1.76. The minimum atomic E-state index is 0.492. The summed E-state index contributed by atoms with van der Waals surface area (Å²) in [6, 6.07) is 4.40. The second-order valence-electron chi connectivity index (χ2n) is 5.61. The Morgan fingerprint density at radius 2 is 2.21 bits per heavy atom. The van der Waals surface area contributed by atoms with Crippen molar-refractivity contribution in [1.29, 1.82) is 0 Å². The van der Waals surface area contributed by atoms with Crippen molar-refractivity contribution in [2.75, 3.05) is 13.7 Å². The van der Waals surface area contributed by atoms with Gasteiger partial charge in [-0.2, -0.15) is 0 Å². The van der Waals surface area contributed by atoms with Crippen LogP contribution in [0, 0.1) is 6.92 Å². The van der Waals surface area contributed by atoms with E-state index >= 15 is 0 Å². The van der Waals surface area contributed by atoms with Gasteiger partial charge in [0.1, 0.15) is 5.75 Å². The molecule has 1 unspecified atom stereocenters. The highest BCUT2D eigenvalue weighted by atomic mass is 16.5. The lowest BCUT2D eigenvalue weighted by Crippen LogP contribution is -2.20. The van der Waals surface area contributed by atoms with Gasteiger partial charge < -0.3 is 15.0 Å². The highest BCUT2D eigenvalue weighted by molar-refractivity contribution is 5.91. The summed E-state index contributed by atoms with van der Waals surface area (Å²) in [7, 11) is 3.90. The van der Waals surface area contributed by atoms with E-state index in [-0.39, 0.29) is 0 Å². The summed E-state index contributed by atoms with van der Waals surface area (Å²) in [5.74, 6) is 1.47. The second-order valence-corrected chi connectivity index (χ2v) is 5.61. The molecule has 1 heterocycles. The fourth-order valence-electron chi connectivity index (χ4n) is 3.61. The molecule has 0 saturated carbocycles. The molecule has 2 N–H and O–H groups in total. The number of nitrogens with zero attached hydrogens (tertiary/aromatic N) is 1.